The Bertz CT molecular complexity index is 476. The van der Waals surface area contributed by atoms with Gasteiger partial charge in [0, 0.05) is 22.8 Å². The topological polar surface area (TPSA) is 29.9 Å². The quantitative estimate of drug-likeness (QED) is 0.939. The molecule has 3 nitrogen and oxygen atoms in total. The molecule has 0 spiro atoms. The molecular weight excluding hydrogens is 278 g/mol. The van der Waals surface area contributed by atoms with E-state index in [1.165, 1.54) is 11.1 Å². The van der Waals surface area contributed by atoms with Crippen LogP contribution in [-0.4, -0.2) is 16.8 Å². The lowest BCUT2D eigenvalue weighted by atomic mass is 10.0. The van der Waals surface area contributed by atoms with Crippen molar-refractivity contribution in [1.82, 2.24) is 15.1 Å². The molecule has 90 valence electrons. The summed E-state index contributed by atoms with van der Waals surface area (Å²) in [5, 5.41) is 7.64. The highest BCUT2D eigenvalue weighted by Crippen LogP contribution is 2.22. The van der Waals surface area contributed by atoms with Crippen molar-refractivity contribution in [2.24, 2.45) is 0 Å². The minimum absolute atomic E-state index is 0.198. The molecule has 0 bridgehead atoms. The molecule has 0 saturated heterocycles. The molecule has 1 unspecified atom stereocenters. The molecule has 2 aromatic rings. The van der Waals surface area contributed by atoms with Crippen molar-refractivity contribution in [2.45, 2.75) is 19.5 Å². The van der Waals surface area contributed by atoms with Crippen LogP contribution >= 0.6 is 15.9 Å². The third-order valence-corrected chi connectivity index (χ3v) is 3.33. The summed E-state index contributed by atoms with van der Waals surface area (Å²) in [7, 11) is 1.97. The van der Waals surface area contributed by atoms with Crippen LogP contribution in [0.5, 0.6) is 0 Å². The predicted molar refractivity (Wildman–Crippen MR) is 72.9 cm³/mol. The van der Waals surface area contributed by atoms with Crippen LogP contribution in [0, 0.1) is 0 Å². The van der Waals surface area contributed by atoms with Gasteiger partial charge >= 0.3 is 0 Å². The SMILES string of the molecule is CCn1cc(C(NC)c2ccc(Br)cc2)cn1. The molecule has 0 aliphatic carbocycles. The van der Waals surface area contributed by atoms with E-state index < -0.39 is 0 Å². The fourth-order valence-corrected chi connectivity index (χ4v) is 2.15. The summed E-state index contributed by atoms with van der Waals surface area (Å²) in [6, 6.07) is 8.56. The number of nitrogens with one attached hydrogen (secondary N) is 1. The van der Waals surface area contributed by atoms with Crippen LogP contribution in [-0.2, 0) is 6.54 Å². The average Bonchev–Trinajstić information content (AvgIpc) is 2.81. The number of benzene rings is 1. The van der Waals surface area contributed by atoms with E-state index in [2.05, 4.69) is 63.7 Å². The van der Waals surface area contributed by atoms with Gasteiger partial charge in [-0.25, -0.2) is 0 Å². The molecule has 17 heavy (non-hydrogen) atoms. The number of nitrogens with zero attached hydrogens (tertiary/aromatic N) is 2. The summed E-state index contributed by atoms with van der Waals surface area (Å²) in [6.07, 6.45) is 4.01. The van der Waals surface area contributed by atoms with Crippen LogP contribution in [0.25, 0.3) is 0 Å². The summed E-state index contributed by atoms with van der Waals surface area (Å²) < 4.78 is 3.04. The normalized spacial score (nSPS) is 12.6. The van der Waals surface area contributed by atoms with E-state index in [4.69, 9.17) is 0 Å². The zero-order chi connectivity index (χ0) is 12.3. The molecule has 1 heterocycles. The van der Waals surface area contributed by atoms with Gasteiger partial charge in [0.15, 0.2) is 0 Å². The summed E-state index contributed by atoms with van der Waals surface area (Å²) in [6.45, 7) is 2.99. The van der Waals surface area contributed by atoms with Crippen LogP contribution in [0.4, 0.5) is 0 Å². The van der Waals surface area contributed by atoms with Crippen molar-refractivity contribution in [1.29, 1.82) is 0 Å². The number of halogens is 1. The van der Waals surface area contributed by atoms with Crippen LogP contribution in [0.15, 0.2) is 41.1 Å². The van der Waals surface area contributed by atoms with Crippen molar-refractivity contribution in [2.75, 3.05) is 7.05 Å². The van der Waals surface area contributed by atoms with Crippen molar-refractivity contribution in [3.05, 3.63) is 52.3 Å². The van der Waals surface area contributed by atoms with Crippen LogP contribution in [0.2, 0.25) is 0 Å². The maximum absolute atomic E-state index is 4.31. The van der Waals surface area contributed by atoms with Gasteiger partial charge in [0.05, 0.1) is 12.2 Å². The molecular formula is C13H16BrN3. The molecule has 0 aliphatic heterocycles. The molecule has 0 radical (unpaired) electrons. The van der Waals surface area contributed by atoms with Gasteiger partial charge in [-0.05, 0) is 31.7 Å². The summed E-state index contributed by atoms with van der Waals surface area (Å²) in [4.78, 5) is 0. The lowest BCUT2D eigenvalue weighted by molar-refractivity contribution is 0.653. The van der Waals surface area contributed by atoms with Crippen molar-refractivity contribution in [3.8, 4) is 0 Å². The first-order valence-corrected chi connectivity index (χ1v) is 6.49. The smallest absolute Gasteiger partial charge is 0.0605 e. The van der Waals surface area contributed by atoms with E-state index >= 15 is 0 Å². The molecule has 1 N–H and O–H groups in total. The van der Waals surface area contributed by atoms with E-state index in [0.29, 0.717) is 0 Å². The highest BCUT2D eigenvalue weighted by atomic mass is 79.9. The van der Waals surface area contributed by atoms with Crippen molar-refractivity contribution >= 4 is 15.9 Å². The third-order valence-electron chi connectivity index (χ3n) is 2.80. The second kappa shape index (κ2) is 5.47. The monoisotopic (exact) mass is 293 g/mol. The van der Waals surface area contributed by atoms with Crippen molar-refractivity contribution in [3.63, 3.8) is 0 Å². The Morgan fingerprint density at radius 2 is 2.00 bits per heavy atom. The summed E-state index contributed by atoms with van der Waals surface area (Å²) in [5.41, 5.74) is 2.43. The Labute approximate surface area is 110 Å². The Morgan fingerprint density at radius 3 is 2.53 bits per heavy atom. The molecule has 1 aromatic heterocycles. The number of aromatic nitrogens is 2. The van der Waals surface area contributed by atoms with E-state index in [9.17, 15) is 0 Å². The second-order valence-corrected chi connectivity index (χ2v) is 4.82. The Hall–Kier alpha value is -1.13. The molecule has 0 fully saturated rings. The van der Waals surface area contributed by atoms with E-state index in [1.54, 1.807) is 0 Å². The lowest BCUT2D eigenvalue weighted by Crippen LogP contribution is -2.17. The number of hydrogen-bond acceptors (Lipinski definition) is 2. The maximum Gasteiger partial charge on any atom is 0.0605 e. The zero-order valence-electron chi connectivity index (χ0n) is 10.0. The molecule has 1 aromatic carbocycles. The summed E-state index contributed by atoms with van der Waals surface area (Å²) >= 11 is 3.45. The average molecular weight is 294 g/mol. The van der Waals surface area contributed by atoms with Crippen LogP contribution < -0.4 is 5.32 Å². The maximum atomic E-state index is 4.31. The van der Waals surface area contributed by atoms with E-state index in [-0.39, 0.29) is 6.04 Å². The first-order chi connectivity index (χ1) is 8.24. The lowest BCUT2D eigenvalue weighted by Gasteiger charge is -2.14. The minimum atomic E-state index is 0.198. The highest BCUT2D eigenvalue weighted by Gasteiger charge is 2.13. The van der Waals surface area contributed by atoms with Crippen LogP contribution in [0.1, 0.15) is 24.1 Å². The number of rotatable bonds is 4. The third kappa shape index (κ3) is 2.76. The molecule has 0 amide bonds. The van der Waals surface area contributed by atoms with Gasteiger partial charge in [-0.3, -0.25) is 4.68 Å². The minimum Gasteiger partial charge on any atom is -0.309 e. The second-order valence-electron chi connectivity index (χ2n) is 3.90. The van der Waals surface area contributed by atoms with Gasteiger partial charge in [-0.2, -0.15) is 5.10 Å². The predicted octanol–water partition coefficient (Wildman–Crippen LogP) is 2.97. The van der Waals surface area contributed by atoms with E-state index in [1.807, 2.05) is 17.9 Å². The summed E-state index contributed by atoms with van der Waals surface area (Å²) in [5.74, 6) is 0. The van der Waals surface area contributed by atoms with Gasteiger partial charge in [-0.15, -0.1) is 0 Å². The van der Waals surface area contributed by atoms with Gasteiger partial charge in [0.1, 0.15) is 0 Å². The molecule has 1 atom stereocenters. The molecule has 4 heteroatoms. The first kappa shape index (κ1) is 12.3. The van der Waals surface area contributed by atoms with Crippen molar-refractivity contribution < 1.29 is 0 Å². The van der Waals surface area contributed by atoms with Crippen LogP contribution in [0.3, 0.4) is 0 Å². The van der Waals surface area contributed by atoms with Gasteiger partial charge in [-0.1, -0.05) is 28.1 Å². The van der Waals surface area contributed by atoms with E-state index in [0.717, 1.165) is 11.0 Å². The fraction of sp³-hybridized carbons (Fsp3) is 0.308. The standard InChI is InChI=1S/C13H16BrN3/c1-3-17-9-11(8-16-17)13(15-2)10-4-6-12(14)7-5-10/h4-9,13,15H,3H2,1-2H3. The van der Waals surface area contributed by atoms with Gasteiger partial charge < -0.3 is 5.32 Å². The largest absolute Gasteiger partial charge is 0.309 e. The molecule has 0 saturated carbocycles. The first-order valence-electron chi connectivity index (χ1n) is 5.69. The number of aryl methyl sites for hydroxylation is 1. The molecule has 2 rings (SSSR count). The highest BCUT2D eigenvalue weighted by molar-refractivity contribution is 9.10. The number of hydrogen-bond donors (Lipinski definition) is 1. The zero-order valence-corrected chi connectivity index (χ0v) is 11.6. The Balaban J connectivity index is 2.29. The van der Waals surface area contributed by atoms with Gasteiger partial charge in [0.2, 0.25) is 0 Å². The van der Waals surface area contributed by atoms with Gasteiger partial charge in [0.25, 0.3) is 0 Å². The Kier molecular flexibility index (Phi) is 3.97. The Morgan fingerprint density at radius 1 is 1.29 bits per heavy atom. The molecule has 0 aliphatic rings. The fourth-order valence-electron chi connectivity index (χ4n) is 1.88.